The summed E-state index contributed by atoms with van der Waals surface area (Å²) >= 11 is 0. The second kappa shape index (κ2) is 12.5. The molecule has 3 rings (SSSR count). The van der Waals surface area contributed by atoms with Crippen LogP contribution in [0, 0.1) is 0 Å². The Bertz CT molecular complexity index is 744. The van der Waals surface area contributed by atoms with E-state index >= 15 is 0 Å². The SMILES string of the molecule is CCCCCCCCCCCCC1=CCc2cccc(OCc3ccccc3)c21. The normalized spacial score (nSPS) is 12.7. The molecule has 1 heteroatoms. The third kappa shape index (κ3) is 7.07. The summed E-state index contributed by atoms with van der Waals surface area (Å²) in [5.41, 5.74) is 5.53. The molecule has 1 aliphatic carbocycles. The smallest absolute Gasteiger partial charge is 0.127 e. The van der Waals surface area contributed by atoms with Crippen LogP contribution in [0.4, 0.5) is 0 Å². The highest BCUT2D eigenvalue weighted by Crippen LogP contribution is 2.38. The summed E-state index contributed by atoms with van der Waals surface area (Å²) in [6.07, 6.45) is 18.6. The van der Waals surface area contributed by atoms with E-state index in [0.29, 0.717) is 6.61 Å². The first kappa shape index (κ1) is 21.7. The Balaban J connectivity index is 1.40. The zero-order chi connectivity index (χ0) is 20.2. The molecule has 0 aromatic heterocycles. The second-order valence-corrected chi connectivity index (χ2v) is 8.43. The monoisotopic (exact) mass is 390 g/mol. The van der Waals surface area contributed by atoms with Gasteiger partial charge in [-0.1, -0.05) is 113 Å². The van der Waals surface area contributed by atoms with Gasteiger partial charge < -0.3 is 4.74 Å². The summed E-state index contributed by atoms with van der Waals surface area (Å²) in [7, 11) is 0. The number of ether oxygens (including phenoxy) is 1. The van der Waals surface area contributed by atoms with E-state index in [2.05, 4.69) is 61.5 Å². The van der Waals surface area contributed by atoms with Crippen LogP contribution < -0.4 is 4.74 Å². The van der Waals surface area contributed by atoms with Crippen molar-refractivity contribution in [1.82, 2.24) is 0 Å². The van der Waals surface area contributed by atoms with Crippen LogP contribution in [0.1, 0.15) is 94.2 Å². The van der Waals surface area contributed by atoms with E-state index in [1.807, 2.05) is 0 Å². The van der Waals surface area contributed by atoms with Gasteiger partial charge in [-0.25, -0.2) is 0 Å². The fraction of sp³-hybridized carbons (Fsp3) is 0.500. The highest BCUT2D eigenvalue weighted by atomic mass is 16.5. The number of fused-ring (bicyclic) bond motifs is 1. The molecule has 156 valence electrons. The first-order chi connectivity index (χ1) is 14.4. The molecule has 0 saturated carbocycles. The van der Waals surface area contributed by atoms with Gasteiger partial charge in [0, 0.05) is 5.56 Å². The lowest BCUT2D eigenvalue weighted by molar-refractivity contribution is 0.305. The van der Waals surface area contributed by atoms with Crippen LogP contribution in [-0.4, -0.2) is 0 Å². The number of benzene rings is 2. The van der Waals surface area contributed by atoms with Crippen molar-refractivity contribution in [1.29, 1.82) is 0 Å². The number of rotatable bonds is 14. The Morgan fingerprint density at radius 3 is 2.14 bits per heavy atom. The predicted molar refractivity (Wildman–Crippen MR) is 125 cm³/mol. The summed E-state index contributed by atoms with van der Waals surface area (Å²) in [5, 5.41) is 0. The number of allylic oxidation sites excluding steroid dienone is 2. The number of unbranched alkanes of at least 4 members (excludes halogenated alkanes) is 9. The van der Waals surface area contributed by atoms with Gasteiger partial charge >= 0.3 is 0 Å². The molecule has 1 aliphatic rings. The van der Waals surface area contributed by atoms with E-state index in [4.69, 9.17) is 4.74 Å². The maximum atomic E-state index is 6.22. The van der Waals surface area contributed by atoms with Crippen LogP contribution in [0.3, 0.4) is 0 Å². The van der Waals surface area contributed by atoms with Gasteiger partial charge in [-0.15, -0.1) is 0 Å². The summed E-state index contributed by atoms with van der Waals surface area (Å²) in [5.74, 6) is 1.06. The third-order valence-corrected chi connectivity index (χ3v) is 6.04. The van der Waals surface area contributed by atoms with Crippen LogP contribution in [-0.2, 0) is 13.0 Å². The van der Waals surface area contributed by atoms with Crippen LogP contribution in [0.15, 0.2) is 54.6 Å². The minimum atomic E-state index is 0.642. The number of hydrogen-bond donors (Lipinski definition) is 0. The predicted octanol–water partition coefficient (Wildman–Crippen LogP) is 8.52. The molecule has 0 saturated heterocycles. The zero-order valence-corrected chi connectivity index (χ0v) is 18.3. The lowest BCUT2D eigenvalue weighted by atomic mass is 9.98. The van der Waals surface area contributed by atoms with E-state index in [1.165, 1.54) is 92.9 Å². The fourth-order valence-corrected chi connectivity index (χ4v) is 4.33. The molecule has 0 heterocycles. The van der Waals surface area contributed by atoms with Crippen molar-refractivity contribution in [2.24, 2.45) is 0 Å². The van der Waals surface area contributed by atoms with Crippen molar-refractivity contribution in [3.8, 4) is 5.75 Å². The molecular formula is C28H38O. The fourth-order valence-electron chi connectivity index (χ4n) is 4.33. The topological polar surface area (TPSA) is 9.23 Å². The largest absolute Gasteiger partial charge is 0.488 e. The highest BCUT2D eigenvalue weighted by molar-refractivity contribution is 5.77. The lowest BCUT2D eigenvalue weighted by Crippen LogP contribution is -1.99. The van der Waals surface area contributed by atoms with Crippen LogP contribution in [0.2, 0.25) is 0 Å². The Labute approximate surface area is 178 Å². The average molecular weight is 391 g/mol. The molecule has 0 radical (unpaired) electrons. The van der Waals surface area contributed by atoms with Gasteiger partial charge in [0.15, 0.2) is 0 Å². The first-order valence-corrected chi connectivity index (χ1v) is 11.9. The summed E-state index contributed by atoms with van der Waals surface area (Å²) in [6.45, 7) is 2.93. The van der Waals surface area contributed by atoms with Gasteiger partial charge in [0.25, 0.3) is 0 Å². The molecule has 0 fully saturated rings. The molecule has 2 aromatic rings. The van der Waals surface area contributed by atoms with Crippen molar-refractivity contribution >= 4 is 5.57 Å². The molecule has 29 heavy (non-hydrogen) atoms. The standard InChI is InChI=1S/C28H38O/c1-2-3-4-5-6-7-8-9-10-14-18-25-21-22-26-19-15-20-27(28(25)26)29-23-24-16-12-11-13-17-24/h11-13,15-17,19-21H,2-10,14,18,22-23H2,1H3. The quantitative estimate of drug-likeness (QED) is 0.294. The Kier molecular flexibility index (Phi) is 9.36. The third-order valence-electron chi connectivity index (χ3n) is 6.04. The van der Waals surface area contributed by atoms with E-state index in [9.17, 15) is 0 Å². The van der Waals surface area contributed by atoms with Crippen molar-refractivity contribution in [3.05, 3.63) is 71.3 Å². The van der Waals surface area contributed by atoms with Gasteiger partial charge in [0.2, 0.25) is 0 Å². The highest BCUT2D eigenvalue weighted by Gasteiger charge is 2.18. The van der Waals surface area contributed by atoms with Gasteiger partial charge in [0.1, 0.15) is 12.4 Å². The Hall–Kier alpha value is -2.02. The summed E-state index contributed by atoms with van der Waals surface area (Å²) in [6, 6.07) is 17.0. The lowest BCUT2D eigenvalue weighted by Gasteiger charge is -2.14. The molecule has 0 aliphatic heterocycles. The molecule has 0 bridgehead atoms. The van der Waals surface area contributed by atoms with Crippen molar-refractivity contribution < 1.29 is 4.74 Å². The van der Waals surface area contributed by atoms with Gasteiger partial charge in [0.05, 0.1) is 0 Å². The molecule has 1 nitrogen and oxygen atoms in total. The van der Waals surface area contributed by atoms with Gasteiger partial charge in [-0.05, 0) is 42.0 Å². The van der Waals surface area contributed by atoms with Crippen LogP contribution >= 0.6 is 0 Å². The van der Waals surface area contributed by atoms with E-state index < -0.39 is 0 Å². The molecule has 0 unspecified atom stereocenters. The van der Waals surface area contributed by atoms with Crippen LogP contribution in [0.25, 0.3) is 5.57 Å². The maximum Gasteiger partial charge on any atom is 0.127 e. The Morgan fingerprint density at radius 1 is 0.724 bits per heavy atom. The van der Waals surface area contributed by atoms with Gasteiger partial charge in [-0.2, -0.15) is 0 Å². The zero-order valence-electron chi connectivity index (χ0n) is 18.3. The van der Waals surface area contributed by atoms with Gasteiger partial charge in [-0.3, -0.25) is 0 Å². The first-order valence-electron chi connectivity index (χ1n) is 11.9. The molecular weight excluding hydrogens is 352 g/mol. The summed E-state index contributed by atoms with van der Waals surface area (Å²) in [4.78, 5) is 0. The van der Waals surface area contributed by atoms with Crippen molar-refractivity contribution in [2.75, 3.05) is 0 Å². The minimum Gasteiger partial charge on any atom is -0.488 e. The Morgan fingerprint density at radius 2 is 1.41 bits per heavy atom. The molecule has 0 amide bonds. The summed E-state index contributed by atoms with van der Waals surface area (Å²) < 4.78 is 6.22. The average Bonchev–Trinajstić information content (AvgIpc) is 3.18. The van der Waals surface area contributed by atoms with E-state index in [0.717, 1.165) is 12.2 Å². The van der Waals surface area contributed by atoms with Crippen LogP contribution in [0.5, 0.6) is 5.75 Å². The molecule has 0 spiro atoms. The minimum absolute atomic E-state index is 0.642. The second-order valence-electron chi connectivity index (χ2n) is 8.43. The number of hydrogen-bond acceptors (Lipinski definition) is 1. The maximum absolute atomic E-state index is 6.22. The molecule has 2 aromatic carbocycles. The van der Waals surface area contributed by atoms with Crippen molar-refractivity contribution in [2.45, 2.75) is 90.6 Å². The molecule has 0 N–H and O–H groups in total. The van der Waals surface area contributed by atoms with Crippen molar-refractivity contribution in [3.63, 3.8) is 0 Å². The molecule has 0 atom stereocenters. The van der Waals surface area contributed by atoms with E-state index in [-0.39, 0.29) is 0 Å². The van der Waals surface area contributed by atoms with E-state index in [1.54, 1.807) is 0 Å².